The summed E-state index contributed by atoms with van der Waals surface area (Å²) in [5, 5.41) is 5.49. The zero-order valence-corrected chi connectivity index (χ0v) is 18.9. The van der Waals surface area contributed by atoms with E-state index in [4.69, 9.17) is 20.8 Å². The lowest BCUT2D eigenvalue weighted by Gasteiger charge is -2.25. The van der Waals surface area contributed by atoms with Gasteiger partial charge in [-0.2, -0.15) is 0 Å². The van der Waals surface area contributed by atoms with Gasteiger partial charge in [-0.25, -0.2) is 4.98 Å². The Morgan fingerprint density at radius 1 is 0.939 bits per heavy atom. The molecule has 1 amide bonds. The summed E-state index contributed by atoms with van der Waals surface area (Å²) in [7, 11) is 0. The first-order valence-corrected chi connectivity index (χ1v) is 10.9. The van der Waals surface area contributed by atoms with Gasteiger partial charge >= 0.3 is 0 Å². The summed E-state index contributed by atoms with van der Waals surface area (Å²) in [5.74, 6) is 0.858. The SMILES string of the molecule is CC(C)(Oc1ccccc1)C(=O)Nc1ccc2oc(-c3cccc4c(Cl)cccc34)nc2c1. The molecule has 1 heterocycles. The van der Waals surface area contributed by atoms with Crippen molar-refractivity contribution < 1.29 is 13.9 Å². The molecule has 0 bridgehead atoms. The summed E-state index contributed by atoms with van der Waals surface area (Å²) in [4.78, 5) is 17.6. The van der Waals surface area contributed by atoms with E-state index in [9.17, 15) is 4.79 Å². The number of carbonyl (C=O) groups excluding carboxylic acids is 1. The number of nitrogens with one attached hydrogen (secondary N) is 1. The Hall–Kier alpha value is -3.83. The van der Waals surface area contributed by atoms with Gasteiger partial charge < -0.3 is 14.5 Å². The molecule has 0 unspecified atom stereocenters. The molecule has 0 atom stereocenters. The summed E-state index contributed by atoms with van der Waals surface area (Å²) in [6.45, 7) is 3.46. The molecule has 0 aliphatic rings. The third-order valence-corrected chi connectivity index (χ3v) is 5.74. The number of amides is 1. The van der Waals surface area contributed by atoms with E-state index in [1.165, 1.54) is 0 Å². The maximum atomic E-state index is 12.9. The van der Waals surface area contributed by atoms with E-state index < -0.39 is 5.60 Å². The Morgan fingerprint density at radius 3 is 2.52 bits per heavy atom. The van der Waals surface area contributed by atoms with Crippen molar-refractivity contribution >= 4 is 45.1 Å². The van der Waals surface area contributed by atoms with Crippen LogP contribution in [0.4, 0.5) is 5.69 Å². The van der Waals surface area contributed by atoms with Crippen molar-refractivity contribution in [3.63, 3.8) is 0 Å². The predicted molar refractivity (Wildman–Crippen MR) is 132 cm³/mol. The number of halogens is 1. The second-order valence-electron chi connectivity index (χ2n) is 8.22. The molecule has 0 spiro atoms. The average Bonchev–Trinajstić information content (AvgIpc) is 3.22. The van der Waals surface area contributed by atoms with E-state index in [0.29, 0.717) is 33.4 Å². The highest BCUT2D eigenvalue weighted by Crippen LogP contribution is 2.34. The minimum Gasteiger partial charge on any atom is -0.478 e. The fourth-order valence-corrected chi connectivity index (χ4v) is 3.93. The number of carbonyl (C=O) groups is 1. The molecule has 5 aromatic rings. The van der Waals surface area contributed by atoms with E-state index in [-0.39, 0.29) is 5.91 Å². The molecule has 0 radical (unpaired) electrons. The van der Waals surface area contributed by atoms with E-state index in [1.807, 2.05) is 66.7 Å². The first-order chi connectivity index (χ1) is 15.9. The van der Waals surface area contributed by atoms with Crippen LogP contribution < -0.4 is 10.1 Å². The molecule has 0 aliphatic heterocycles. The van der Waals surface area contributed by atoms with Crippen molar-refractivity contribution in [3.8, 4) is 17.2 Å². The van der Waals surface area contributed by atoms with Gasteiger partial charge in [0.2, 0.25) is 5.89 Å². The number of hydrogen-bond acceptors (Lipinski definition) is 4. The highest BCUT2D eigenvalue weighted by Gasteiger charge is 2.30. The molecule has 164 valence electrons. The van der Waals surface area contributed by atoms with Gasteiger partial charge in [0.25, 0.3) is 5.91 Å². The zero-order valence-electron chi connectivity index (χ0n) is 18.1. The number of anilines is 1. The molecule has 1 aromatic heterocycles. The highest BCUT2D eigenvalue weighted by molar-refractivity contribution is 6.35. The lowest BCUT2D eigenvalue weighted by atomic mass is 10.0. The van der Waals surface area contributed by atoms with Crippen molar-refractivity contribution in [2.24, 2.45) is 0 Å². The van der Waals surface area contributed by atoms with Crippen LogP contribution in [0.15, 0.2) is 89.3 Å². The Bertz CT molecular complexity index is 1480. The summed E-state index contributed by atoms with van der Waals surface area (Å²) >= 11 is 6.35. The number of oxazole rings is 1. The molecule has 4 aromatic carbocycles. The number of para-hydroxylation sites is 1. The molecular weight excluding hydrogens is 436 g/mol. The standard InChI is InChI=1S/C27H21ClN2O3/c1-27(2,33-18-8-4-3-5-9-18)26(31)29-17-14-15-24-23(16-17)30-25(32-24)21-12-6-11-20-19(21)10-7-13-22(20)28/h3-16H,1-2H3,(H,29,31). The van der Waals surface area contributed by atoms with E-state index in [2.05, 4.69) is 10.3 Å². The largest absolute Gasteiger partial charge is 0.478 e. The van der Waals surface area contributed by atoms with E-state index >= 15 is 0 Å². The van der Waals surface area contributed by atoms with Gasteiger partial charge in [-0.05, 0) is 61.7 Å². The van der Waals surface area contributed by atoms with E-state index in [0.717, 1.165) is 16.3 Å². The Morgan fingerprint density at radius 2 is 1.70 bits per heavy atom. The minimum atomic E-state index is -1.06. The second-order valence-corrected chi connectivity index (χ2v) is 8.63. The number of hydrogen-bond donors (Lipinski definition) is 1. The monoisotopic (exact) mass is 456 g/mol. The smallest absolute Gasteiger partial charge is 0.267 e. The van der Waals surface area contributed by atoms with Crippen molar-refractivity contribution in [1.29, 1.82) is 0 Å². The number of aromatic nitrogens is 1. The molecule has 6 heteroatoms. The predicted octanol–water partition coefficient (Wildman–Crippen LogP) is 7.10. The summed E-state index contributed by atoms with van der Waals surface area (Å²) in [6, 6.07) is 26.2. The van der Waals surface area contributed by atoms with Crippen molar-refractivity contribution in [2.75, 3.05) is 5.32 Å². The maximum Gasteiger partial charge on any atom is 0.267 e. The number of fused-ring (bicyclic) bond motifs is 2. The van der Waals surface area contributed by atoms with Crippen LogP contribution in [-0.2, 0) is 4.79 Å². The lowest BCUT2D eigenvalue weighted by Crippen LogP contribution is -2.42. The maximum absolute atomic E-state index is 12.9. The van der Waals surface area contributed by atoms with Gasteiger partial charge in [0, 0.05) is 21.7 Å². The molecule has 1 N–H and O–H groups in total. The van der Waals surface area contributed by atoms with Crippen LogP contribution in [0.1, 0.15) is 13.8 Å². The molecule has 0 fully saturated rings. The quantitative estimate of drug-likeness (QED) is 0.306. The number of rotatable bonds is 5. The Kier molecular flexibility index (Phi) is 5.27. The first kappa shape index (κ1) is 21.0. The molecule has 0 saturated carbocycles. The van der Waals surface area contributed by atoms with Crippen LogP contribution in [-0.4, -0.2) is 16.5 Å². The molecule has 33 heavy (non-hydrogen) atoms. The van der Waals surface area contributed by atoms with Crippen LogP contribution in [0.5, 0.6) is 5.75 Å². The van der Waals surface area contributed by atoms with Crippen molar-refractivity contribution in [1.82, 2.24) is 4.98 Å². The zero-order chi connectivity index (χ0) is 23.0. The fraction of sp³-hybridized carbons (Fsp3) is 0.111. The van der Waals surface area contributed by atoms with Gasteiger partial charge in [-0.1, -0.05) is 54.1 Å². The van der Waals surface area contributed by atoms with Crippen molar-refractivity contribution in [3.05, 3.63) is 90.0 Å². The van der Waals surface area contributed by atoms with Gasteiger partial charge in [0.1, 0.15) is 11.3 Å². The van der Waals surface area contributed by atoms with Crippen LogP contribution >= 0.6 is 11.6 Å². The first-order valence-electron chi connectivity index (χ1n) is 10.5. The Labute approximate surface area is 196 Å². The molecule has 0 aliphatic carbocycles. The molecule has 5 rings (SSSR count). The van der Waals surface area contributed by atoms with Gasteiger partial charge in [0.15, 0.2) is 11.2 Å². The number of benzene rings is 4. The van der Waals surface area contributed by atoms with Crippen molar-refractivity contribution in [2.45, 2.75) is 19.4 Å². The van der Waals surface area contributed by atoms with Gasteiger partial charge in [-0.3, -0.25) is 4.79 Å². The topological polar surface area (TPSA) is 64.4 Å². The van der Waals surface area contributed by atoms with E-state index in [1.54, 1.807) is 32.0 Å². The number of nitrogens with zero attached hydrogens (tertiary/aromatic N) is 1. The number of ether oxygens (including phenoxy) is 1. The summed E-state index contributed by atoms with van der Waals surface area (Å²) < 4.78 is 11.9. The molecule has 5 nitrogen and oxygen atoms in total. The molecule has 0 saturated heterocycles. The second kappa shape index (κ2) is 8.26. The van der Waals surface area contributed by atoms with Crippen LogP contribution in [0.25, 0.3) is 33.3 Å². The third-order valence-electron chi connectivity index (χ3n) is 5.41. The molecular formula is C27H21ClN2O3. The highest BCUT2D eigenvalue weighted by atomic mass is 35.5. The lowest BCUT2D eigenvalue weighted by molar-refractivity contribution is -0.128. The van der Waals surface area contributed by atoms with Crippen LogP contribution in [0.2, 0.25) is 5.02 Å². The van der Waals surface area contributed by atoms with Crippen LogP contribution in [0, 0.1) is 0 Å². The normalized spacial score (nSPS) is 11.6. The van der Waals surface area contributed by atoms with Gasteiger partial charge in [0.05, 0.1) is 0 Å². The average molecular weight is 457 g/mol. The summed E-state index contributed by atoms with van der Waals surface area (Å²) in [6.07, 6.45) is 0. The van der Waals surface area contributed by atoms with Crippen LogP contribution in [0.3, 0.4) is 0 Å². The Balaban J connectivity index is 1.42. The fourth-order valence-electron chi connectivity index (χ4n) is 3.69. The third kappa shape index (κ3) is 4.15. The minimum absolute atomic E-state index is 0.266. The van der Waals surface area contributed by atoms with Gasteiger partial charge in [-0.15, -0.1) is 0 Å². The summed E-state index contributed by atoms with van der Waals surface area (Å²) in [5.41, 5.74) is 1.67.